The fraction of sp³-hybridized carbons (Fsp3) is 0.270. The maximum atomic E-state index is 12.4. The summed E-state index contributed by atoms with van der Waals surface area (Å²) in [6.45, 7) is 9.37. The second kappa shape index (κ2) is 17.2. The first-order chi connectivity index (χ1) is 20.3. The number of hydrogen-bond donors (Lipinski definition) is 0. The molecule has 0 saturated heterocycles. The number of carbonyl (C=O) groups excluding carboxylic acids is 2. The highest BCUT2D eigenvalue weighted by Gasteiger charge is 2.09. The molecular weight excluding hydrogens is 522 g/mol. The lowest BCUT2D eigenvalue weighted by Crippen LogP contribution is -2.08. The van der Waals surface area contributed by atoms with Gasteiger partial charge in [-0.15, -0.1) is 0 Å². The Balaban J connectivity index is 1.24. The van der Waals surface area contributed by atoms with Crippen LogP contribution in [0.1, 0.15) is 89.3 Å². The van der Waals surface area contributed by atoms with Crippen LogP contribution in [0.3, 0.4) is 0 Å². The molecule has 0 spiro atoms. The van der Waals surface area contributed by atoms with E-state index in [9.17, 15) is 9.59 Å². The summed E-state index contributed by atoms with van der Waals surface area (Å²) in [5, 5.41) is 8.87. The Morgan fingerprint density at radius 1 is 0.690 bits per heavy atom. The molecule has 5 nitrogen and oxygen atoms in total. The van der Waals surface area contributed by atoms with Crippen LogP contribution in [0.2, 0.25) is 0 Å². The molecule has 0 bridgehead atoms. The number of nitriles is 1. The van der Waals surface area contributed by atoms with Gasteiger partial charge in [-0.3, -0.25) is 0 Å². The number of esters is 2. The average molecular weight is 562 g/mol. The van der Waals surface area contributed by atoms with Crippen molar-refractivity contribution in [1.29, 1.82) is 5.26 Å². The van der Waals surface area contributed by atoms with Gasteiger partial charge in [0.2, 0.25) is 0 Å². The van der Waals surface area contributed by atoms with Crippen LogP contribution in [0.5, 0.6) is 5.75 Å². The Morgan fingerprint density at radius 3 is 1.64 bits per heavy atom. The summed E-state index contributed by atoms with van der Waals surface area (Å²) in [7, 11) is 0. The predicted molar refractivity (Wildman–Crippen MR) is 167 cm³/mol. The molecule has 5 heteroatoms. The Hall–Kier alpha value is -4.69. The quantitative estimate of drug-likeness (QED) is 0.0573. The van der Waals surface area contributed by atoms with Crippen molar-refractivity contribution in [1.82, 2.24) is 0 Å². The van der Waals surface area contributed by atoms with Crippen LogP contribution in [-0.4, -0.2) is 11.9 Å². The third-order valence-electron chi connectivity index (χ3n) is 6.78. The summed E-state index contributed by atoms with van der Waals surface area (Å²) < 4.78 is 10.6. The van der Waals surface area contributed by atoms with Crippen molar-refractivity contribution in [3.8, 4) is 11.8 Å². The molecule has 0 N–H and O–H groups in total. The minimum absolute atomic E-state index is 0.294. The van der Waals surface area contributed by atoms with Crippen LogP contribution in [0.25, 0.3) is 0 Å². The van der Waals surface area contributed by atoms with Crippen LogP contribution in [0, 0.1) is 11.3 Å². The van der Waals surface area contributed by atoms with E-state index in [1.54, 1.807) is 36.4 Å². The molecule has 0 amide bonds. The highest BCUT2D eigenvalue weighted by atomic mass is 16.5. The molecule has 216 valence electrons. The van der Waals surface area contributed by atoms with Crippen LogP contribution >= 0.6 is 0 Å². The van der Waals surface area contributed by atoms with Gasteiger partial charge in [-0.05, 0) is 98.3 Å². The Kier molecular flexibility index (Phi) is 13.0. The van der Waals surface area contributed by atoms with E-state index in [0.29, 0.717) is 28.2 Å². The van der Waals surface area contributed by atoms with Gasteiger partial charge in [0.05, 0.1) is 22.8 Å². The molecule has 0 atom stereocenters. The zero-order valence-corrected chi connectivity index (χ0v) is 24.4. The van der Waals surface area contributed by atoms with E-state index in [1.807, 2.05) is 61.5 Å². The summed E-state index contributed by atoms with van der Waals surface area (Å²) in [4.78, 5) is 24.6. The molecular formula is C37H39NO4. The molecule has 0 radical (unpaired) electrons. The number of benzene rings is 3. The van der Waals surface area contributed by atoms with Gasteiger partial charge in [0.1, 0.15) is 11.5 Å². The topological polar surface area (TPSA) is 76.4 Å². The van der Waals surface area contributed by atoms with Crippen LogP contribution < -0.4 is 4.74 Å². The van der Waals surface area contributed by atoms with Crippen molar-refractivity contribution in [2.24, 2.45) is 0 Å². The third kappa shape index (κ3) is 11.4. The maximum Gasteiger partial charge on any atom is 0.343 e. The Bertz CT molecular complexity index is 1410. The van der Waals surface area contributed by atoms with Gasteiger partial charge in [-0.1, -0.05) is 81.2 Å². The van der Waals surface area contributed by atoms with E-state index < -0.39 is 11.9 Å². The van der Waals surface area contributed by atoms with Gasteiger partial charge >= 0.3 is 11.9 Å². The van der Waals surface area contributed by atoms with E-state index in [1.165, 1.54) is 43.2 Å². The Labute approximate surface area is 249 Å². The number of nitrogens with zero attached hydrogens (tertiary/aromatic N) is 1. The normalized spacial score (nSPS) is 10.7. The molecule has 0 aromatic heterocycles. The van der Waals surface area contributed by atoms with Gasteiger partial charge in [-0.2, -0.15) is 5.26 Å². The number of rotatable bonds is 16. The maximum absolute atomic E-state index is 12.4. The lowest BCUT2D eigenvalue weighted by molar-refractivity contribution is 0.0637. The van der Waals surface area contributed by atoms with Crippen molar-refractivity contribution >= 4 is 11.9 Å². The van der Waals surface area contributed by atoms with Gasteiger partial charge in [0.15, 0.2) is 0 Å². The van der Waals surface area contributed by atoms with Crippen molar-refractivity contribution in [3.05, 3.63) is 137 Å². The first-order valence-electron chi connectivity index (χ1n) is 14.5. The Morgan fingerprint density at radius 2 is 1.17 bits per heavy atom. The minimum Gasteiger partial charge on any atom is -0.424 e. The van der Waals surface area contributed by atoms with Crippen LogP contribution in [0.4, 0.5) is 0 Å². The smallest absolute Gasteiger partial charge is 0.343 e. The van der Waals surface area contributed by atoms with Crippen molar-refractivity contribution < 1.29 is 19.1 Å². The monoisotopic (exact) mass is 561 g/mol. The molecule has 3 aromatic carbocycles. The largest absolute Gasteiger partial charge is 0.424 e. The van der Waals surface area contributed by atoms with Crippen molar-refractivity contribution in [2.75, 3.05) is 0 Å². The number of hydrogen-bond acceptors (Lipinski definition) is 5. The van der Waals surface area contributed by atoms with Crippen LogP contribution in [0.15, 0.2) is 109 Å². The highest BCUT2D eigenvalue weighted by Crippen LogP contribution is 2.17. The minimum atomic E-state index is -0.407. The first kappa shape index (κ1) is 31.8. The molecule has 3 rings (SSSR count). The number of allylic oxidation sites excluding steroid dienone is 3. The fourth-order valence-corrected chi connectivity index (χ4v) is 4.37. The lowest BCUT2D eigenvalue weighted by atomic mass is 10.0. The number of unbranched alkanes of at least 4 members (excludes halogenated alkanes) is 6. The highest BCUT2D eigenvalue weighted by molar-refractivity contribution is 5.91. The van der Waals surface area contributed by atoms with E-state index in [-0.39, 0.29) is 0 Å². The van der Waals surface area contributed by atoms with E-state index >= 15 is 0 Å². The average Bonchev–Trinajstić information content (AvgIpc) is 3.00. The summed E-state index contributed by atoms with van der Waals surface area (Å²) in [6.07, 6.45) is 13.7. The first-order valence-corrected chi connectivity index (χ1v) is 14.5. The molecule has 0 heterocycles. The zero-order chi connectivity index (χ0) is 30.2. The van der Waals surface area contributed by atoms with E-state index in [4.69, 9.17) is 14.7 Å². The van der Waals surface area contributed by atoms with Gasteiger partial charge < -0.3 is 9.47 Å². The fourth-order valence-electron chi connectivity index (χ4n) is 4.37. The predicted octanol–water partition coefficient (Wildman–Crippen LogP) is 9.10. The number of carbonyl (C=O) groups is 2. The molecule has 0 unspecified atom stereocenters. The second-order valence-corrected chi connectivity index (χ2v) is 10.4. The SMILES string of the molecule is C=C(C)/C=C\C(=C)OC(=O)c1ccc(CCCCCCCCCc2ccc(C(=O)Oc3ccc(C#N)cc3)cc2)cc1. The van der Waals surface area contributed by atoms with Crippen LogP contribution in [-0.2, 0) is 17.6 Å². The summed E-state index contributed by atoms with van der Waals surface area (Å²) in [6, 6.07) is 23.7. The second-order valence-electron chi connectivity index (χ2n) is 10.4. The number of aryl methyl sites for hydroxylation is 2. The summed E-state index contributed by atoms with van der Waals surface area (Å²) in [5.74, 6) is -0.0944. The van der Waals surface area contributed by atoms with Gasteiger partial charge in [0.25, 0.3) is 0 Å². The van der Waals surface area contributed by atoms with E-state index in [0.717, 1.165) is 31.3 Å². The molecule has 0 fully saturated rings. The molecule has 3 aromatic rings. The number of ether oxygens (including phenoxy) is 2. The van der Waals surface area contributed by atoms with Crippen molar-refractivity contribution in [3.63, 3.8) is 0 Å². The zero-order valence-electron chi connectivity index (χ0n) is 24.4. The summed E-state index contributed by atoms with van der Waals surface area (Å²) in [5.41, 5.74) is 4.85. The molecule has 42 heavy (non-hydrogen) atoms. The lowest BCUT2D eigenvalue weighted by Gasteiger charge is -2.07. The molecule has 0 aliphatic carbocycles. The van der Waals surface area contributed by atoms with Crippen molar-refractivity contribution in [2.45, 2.75) is 64.7 Å². The molecule has 0 aliphatic rings. The van der Waals surface area contributed by atoms with E-state index in [2.05, 4.69) is 13.2 Å². The molecule has 0 saturated carbocycles. The standard InChI is InChI=1S/C37H39NO4/c1-28(2)13-14-29(3)41-36(39)33-21-15-30(16-22-33)11-9-7-5-4-6-8-10-12-31-17-23-34(24-18-31)37(40)42-35-25-19-32(27-38)20-26-35/h13-26H,1,3-12H2,2H3/b14-13-. The third-order valence-corrected chi connectivity index (χ3v) is 6.78. The van der Waals surface area contributed by atoms with Gasteiger partial charge in [-0.25, -0.2) is 9.59 Å². The van der Waals surface area contributed by atoms with Gasteiger partial charge in [0, 0.05) is 0 Å². The summed E-state index contributed by atoms with van der Waals surface area (Å²) >= 11 is 0. The molecule has 0 aliphatic heterocycles.